The predicted octanol–water partition coefficient (Wildman–Crippen LogP) is -0.263. The third kappa shape index (κ3) is 2.29. The monoisotopic (exact) mass is 157 g/mol. The van der Waals surface area contributed by atoms with Crippen LogP contribution < -0.4 is 5.32 Å². The second kappa shape index (κ2) is 3.49. The van der Waals surface area contributed by atoms with Crippen LogP contribution in [0.5, 0.6) is 0 Å². The largest absolute Gasteiger partial charge is 0.472 e. The lowest BCUT2D eigenvalue weighted by molar-refractivity contribution is -0.130. The minimum atomic E-state index is -1.06. The second-order valence-corrected chi connectivity index (χ2v) is 2.88. The molecule has 1 atom stereocenters. The third-order valence-corrected chi connectivity index (χ3v) is 2.01. The Balaban J connectivity index is 2.38. The molecule has 10 heavy (non-hydrogen) atoms. The average Bonchev–Trinajstić information content (AvgIpc) is 2.34. The van der Waals surface area contributed by atoms with E-state index in [9.17, 15) is 4.79 Å². The van der Waals surface area contributed by atoms with Crippen molar-refractivity contribution < 1.29 is 9.90 Å². The van der Waals surface area contributed by atoms with Gasteiger partial charge in [-0.05, 0) is 0 Å². The normalized spacial score (nSPS) is 23.4. The second-order valence-electron chi connectivity index (χ2n) is 1.85. The summed E-state index contributed by atoms with van der Waals surface area (Å²) >= 11 is 1.73. The Hall–Kier alpha value is -0.660. The van der Waals surface area contributed by atoms with Crippen molar-refractivity contribution in [3.05, 3.63) is 0 Å². The highest BCUT2D eigenvalue weighted by Gasteiger charge is 2.10. The summed E-state index contributed by atoms with van der Waals surface area (Å²) in [5.41, 5.74) is 0. The molecule has 0 aromatic heterocycles. The zero-order chi connectivity index (χ0) is 7.40. The number of aliphatic carboxylic acids is 1. The molecular weight excluding hydrogens is 150 g/mol. The molecule has 1 aliphatic rings. The maximum atomic E-state index is 9.95. The number of rotatable bonds is 0. The van der Waals surface area contributed by atoms with Crippen molar-refractivity contribution in [1.29, 1.82) is 0 Å². The Morgan fingerprint density at radius 1 is 1.80 bits per heavy atom. The van der Waals surface area contributed by atoms with Crippen molar-refractivity contribution in [2.45, 2.75) is 6.04 Å². The van der Waals surface area contributed by atoms with Crippen molar-refractivity contribution in [3.8, 4) is 11.8 Å². The molecule has 4 heteroatoms. The number of carboxylic acid groups (broad SMARTS) is 1. The first-order chi connectivity index (χ1) is 4.79. The van der Waals surface area contributed by atoms with Crippen molar-refractivity contribution in [3.63, 3.8) is 0 Å². The lowest BCUT2D eigenvalue weighted by Gasteiger charge is -1.94. The summed E-state index contributed by atoms with van der Waals surface area (Å²) in [5.74, 6) is 5.38. The van der Waals surface area contributed by atoms with Crippen LogP contribution in [0, 0.1) is 11.8 Å². The van der Waals surface area contributed by atoms with E-state index in [0.29, 0.717) is 0 Å². The first-order valence-electron chi connectivity index (χ1n) is 2.84. The van der Waals surface area contributed by atoms with Crippen molar-refractivity contribution in [2.24, 2.45) is 0 Å². The first kappa shape index (κ1) is 7.45. The number of carbonyl (C=O) groups is 1. The molecule has 1 fully saturated rings. The van der Waals surface area contributed by atoms with Crippen LogP contribution in [-0.4, -0.2) is 28.7 Å². The molecule has 0 radical (unpaired) electrons. The minimum Gasteiger partial charge on any atom is -0.472 e. The van der Waals surface area contributed by atoms with Crippen LogP contribution in [0.1, 0.15) is 0 Å². The Bertz CT molecular complexity index is 188. The standard InChI is InChI=1S/C6H7NO2S/c8-6(9)2-1-5-3-10-4-7-5/h5,7H,3-4H2,(H,8,9). The van der Waals surface area contributed by atoms with Crippen LogP contribution in [0.25, 0.3) is 0 Å². The maximum Gasteiger partial charge on any atom is 0.381 e. The predicted molar refractivity (Wildman–Crippen MR) is 39.7 cm³/mol. The van der Waals surface area contributed by atoms with Gasteiger partial charge in [-0.2, -0.15) is 0 Å². The highest BCUT2D eigenvalue weighted by Crippen LogP contribution is 2.07. The molecule has 2 N–H and O–H groups in total. The summed E-state index contributed by atoms with van der Waals surface area (Å²) in [6.07, 6.45) is 0. The quantitative estimate of drug-likeness (QED) is 0.475. The van der Waals surface area contributed by atoms with Crippen molar-refractivity contribution in [2.75, 3.05) is 11.6 Å². The molecule has 0 spiro atoms. The fourth-order valence-electron chi connectivity index (χ4n) is 0.637. The van der Waals surface area contributed by atoms with Gasteiger partial charge >= 0.3 is 5.97 Å². The van der Waals surface area contributed by atoms with E-state index in [1.165, 1.54) is 0 Å². The van der Waals surface area contributed by atoms with Crippen LogP contribution in [0.15, 0.2) is 0 Å². The van der Waals surface area contributed by atoms with Gasteiger partial charge in [0.15, 0.2) is 0 Å². The van der Waals surface area contributed by atoms with Gasteiger partial charge in [0.1, 0.15) is 0 Å². The van der Waals surface area contributed by atoms with E-state index in [4.69, 9.17) is 5.11 Å². The van der Waals surface area contributed by atoms with Gasteiger partial charge in [0.05, 0.1) is 6.04 Å². The molecule has 1 heterocycles. The summed E-state index contributed by atoms with van der Waals surface area (Å²) in [6.45, 7) is 0. The first-order valence-corrected chi connectivity index (χ1v) is 4.00. The van der Waals surface area contributed by atoms with Gasteiger partial charge in [-0.25, -0.2) is 4.79 Å². The fraction of sp³-hybridized carbons (Fsp3) is 0.500. The topological polar surface area (TPSA) is 49.3 Å². The maximum absolute atomic E-state index is 9.95. The van der Waals surface area contributed by atoms with Gasteiger partial charge in [-0.1, -0.05) is 5.92 Å². The van der Waals surface area contributed by atoms with E-state index in [0.717, 1.165) is 11.6 Å². The molecule has 0 aliphatic carbocycles. The summed E-state index contributed by atoms with van der Waals surface area (Å²) in [6, 6.07) is 0.0705. The Morgan fingerprint density at radius 2 is 2.60 bits per heavy atom. The molecule has 3 nitrogen and oxygen atoms in total. The Labute approximate surface area is 63.2 Å². The minimum absolute atomic E-state index is 0.0705. The summed E-state index contributed by atoms with van der Waals surface area (Å²) in [5, 5.41) is 11.2. The SMILES string of the molecule is O=C(O)C#CC1CSCN1. The van der Waals surface area contributed by atoms with Gasteiger partial charge < -0.3 is 5.11 Å². The van der Waals surface area contributed by atoms with Crippen molar-refractivity contribution in [1.82, 2.24) is 5.32 Å². The molecule has 54 valence electrons. The molecular formula is C6H7NO2S. The highest BCUT2D eigenvalue weighted by atomic mass is 32.2. The van der Waals surface area contributed by atoms with Gasteiger partial charge in [0.2, 0.25) is 0 Å². The zero-order valence-electron chi connectivity index (χ0n) is 5.26. The number of thioether (sulfide) groups is 1. The highest BCUT2D eigenvalue weighted by molar-refractivity contribution is 7.99. The van der Waals surface area contributed by atoms with Gasteiger partial charge in [-0.3, -0.25) is 5.32 Å². The van der Waals surface area contributed by atoms with Crippen LogP contribution in [0.3, 0.4) is 0 Å². The molecule has 1 unspecified atom stereocenters. The fourth-order valence-corrected chi connectivity index (χ4v) is 1.51. The summed E-state index contributed by atoms with van der Waals surface area (Å²) in [4.78, 5) is 9.95. The number of carboxylic acids is 1. The Kier molecular flexibility index (Phi) is 2.60. The lowest BCUT2D eigenvalue weighted by atomic mass is 10.3. The number of hydrogen-bond donors (Lipinski definition) is 2. The molecule has 0 amide bonds. The molecule has 0 bridgehead atoms. The van der Waals surface area contributed by atoms with E-state index in [1.807, 2.05) is 0 Å². The molecule has 1 saturated heterocycles. The lowest BCUT2D eigenvalue weighted by Crippen LogP contribution is -2.21. The molecule has 1 rings (SSSR count). The van der Waals surface area contributed by atoms with Gasteiger partial charge in [0.25, 0.3) is 0 Å². The summed E-state index contributed by atoms with van der Waals surface area (Å²) < 4.78 is 0. The summed E-state index contributed by atoms with van der Waals surface area (Å²) in [7, 11) is 0. The van der Waals surface area contributed by atoms with E-state index >= 15 is 0 Å². The Morgan fingerprint density at radius 3 is 3.10 bits per heavy atom. The van der Waals surface area contributed by atoms with Crippen LogP contribution in [0.2, 0.25) is 0 Å². The average molecular weight is 157 g/mol. The molecule has 1 aliphatic heterocycles. The zero-order valence-corrected chi connectivity index (χ0v) is 6.07. The van der Waals surface area contributed by atoms with Gasteiger partial charge in [0, 0.05) is 17.6 Å². The van der Waals surface area contributed by atoms with E-state index < -0.39 is 5.97 Å². The molecule has 0 saturated carbocycles. The van der Waals surface area contributed by atoms with Crippen molar-refractivity contribution >= 4 is 17.7 Å². The number of nitrogens with one attached hydrogen (secondary N) is 1. The van der Waals surface area contributed by atoms with Crippen LogP contribution in [0.4, 0.5) is 0 Å². The van der Waals surface area contributed by atoms with Crippen LogP contribution >= 0.6 is 11.8 Å². The smallest absolute Gasteiger partial charge is 0.381 e. The molecule has 0 aromatic rings. The van der Waals surface area contributed by atoms with Gasteiger partial charge in [-0.15, -0.1) is 11.8 Å². The van der Waals surface area contributed by atoms with E-state index in [2.05, 4.69) is 17.2 Å². The number of hydrogen-bond acceptors (Lipinski definition) is 3. The van der Waals surface area contributed by atoms with Crippen LogP contribution in [-0.2, 0) is 4.79 Å². The third-order valence-electron chi connectivity index (χ3n) is 1.07. The van der Waals surface area contributed by atoms with E-state index in [-0.39, 0.29) is 6.04 Å². The molecule has 0 aromatic carbocycles. The van der Waals surface area contributed by atoms with E-state index in [1.54, 1.807) is 11.8 Å².